The molecule has 14 heavy (non-hydrogen) atoms. The van der Waals surface area contributed by atoms with E-state index in [1.165, 1.54) is 19.4 Å². The minimum absolute atomic E-state index is 0.410. The fourth-order valence-corrected chi connectivity index (χ4v) is 1.10. The first-order valence-corrected chi connectivity index (χ1v) is 4.72. The Morgan fingerprint density at radius 2 is 2.29 bits per heavy atom. The molecular weight excluding hydrogens is 182 g/mol. The van der Waals surface area contributed by atoms with E-state index in [9.17, 15) is 9.90 Å². The van der Waals surface area contributed by atoms with Crippen LogP contribution in [0.5, 0.6) is 0 Å². The number of hydrogen-bond donors (Lipinski definition) is 2. The Balaban J connectivity index is 3.72. The summed E-state index contributed by atoms with van der Waals surface area (Å²) in [5.74, 6) is -0.410. The highest BCUT2D eigenvalue weighted by molar-refractivity contribution is 5.81. The molecule has 0 radical (unpaired) electrons. The molecule has 0 spiro atoms. The highest BCUT2D eigenvalue weighted by atomic mass is 16.5. The molecule has 0 aliphatic rings. The van der Waals surface area contributed by atoms with Crippen molar-refractivity contribution in [3.63, 3.8) is 0 Å². The van der Waals surface area contributed by atoms with Crippen molar-refractivity contribution in [2.45, 2.75) is 32.3 Å². The van der Waals surface area contributed by atoms with E-state index >= 15 is 0 Å². The Morgan fingerprint density at radius 1 is 1.64 bits per heavy atom. The zero-order chi connectivity index (χ0) is 11.0. The topological polar surface area (TPSA) is 58.6 Å². The second-order valence-electron chi connectivity index (χ2n) is 3.48. The average Bonchev–Trinajstić information content (AvgIpc) is 2.12. The third-order valence-electron chi connectivity index (χ3n) is 1.81. The van der Waals surface area contributed by atoms with Gasteiger partial charge in [0.2, 0.25) is 0 Å². The van der Waals surface area contributed by atoms with Gasteiger partial charge in [0.25, 0.3) is 0 Å². The van der Waals surface area contributed by atoms with E-state index in [4.69, 9.17) is 0 Å². The van der Waals surface area contributed by atoms with Gasteiger partial charge in [0.15, 0.2) is 0 Å². The zero-order valence-corrected chi connectivity index (χ0v) is 9.04. The Labute approximate surface area is 85.0 Å². The van der Waals surface area contributed by atoms with E-state index in [1.54, 1.807) is 6.92 Å². The summed E-state index contributed by atoms with van der Waals surface area (Å²) in [5, 5.41) is 12.6. The number of aliphatic hydroxyl groups is 1. The minimum Gasteiger partial charge on any atom is -0.466 e. The van der Waals surface area contributed by atoms with Crippen LogP contribution in [0.4, 0.5) is 0 Å². The van der Waals surface area contributed by atoms with Crippen LogP contribution < -0.4 is 5.32 Å². The van der Waals surface area contributed by atoms with Gasteiger partial charge in [-0.3, -0.25) is 0 Å². The summed E-state index contributed by atoms with van der Waals surface area (Å²) in [4.78, 5) is 10.7. The number of nitrogens with one attached hydrogen (secondary N) is 1. The lowest BCUT2D eigenvalue weighted by atomic mass is 10.0. The molecule has 82 valence electrons. The first kappa shape index (κ1) is 13.0. The van der Waals surface area contributed by atoms with Gasteiger partial charge in [0.05, 0.1) is 12.7 Å². The molecule has 0 aromatic heterocycles. The van der Waals surface area contributed by atoms with Crippen molar-refractivity contribution in [1.29, 1.82) is 0 Å². The van der Waals surface area contributed by atoms with Gasteiger partial charge in [-0.25, -0.2) is 4.79 Å². The summed E-state index contributed by atoms with van der Waals surface area (Å²) in [7, 11) is 1.32. The zero-order valence-electron chi connectivity index (χ0n) is 9.04. The SMILES string of the molecule is CCCC(C)(O)CN/C=C/C(=O)OC. The van der Waals surface area contributed by atoms with Gasteiger partial charge in [-0.05, 0) is 13.3 Å². The maximum Gasteiger partial charge on any atom is 0.331 e. The summed E-state index contributed by atoms with van der Waals surface area (Å²) in [6.07, 6.45) is 4.42. The number of rotatable bonds is 6. The molecular formula is C10H19NO3. The highest BCUT2D eigenvalue weighted by Crippen LogP contribution is 2.09. The minimum atomic E-state index is -0.727. The van der Waals surface area contributed by atoms with Crippen LogP contribution in [0.25, 0.3) is 0 Å². The first-order valence-electron chi connectivity index (χ1n) is 4.72. The maximum absolute atomic E-state index is 10.7. The molecule has 0 saturated carbocycles. The number of hydrogen-bond acceptors (Lipinski definition) is 4. The van der Waals surface area contributed by atoms with Crippen molar-refractivity contribution in [2.24, 2.45) is 0 Å². The number of ether oxygens (including phenoxy) is 1. The van der Waals surface area contributed by atoms with Gasteiger partial charge >= 0.3 is 5.97 Å². The van der Waals surface area contributed by atoms with E-state index in [2.05, 4.69) is 10.1 Å². The van der Waals surface area contributed by atoms with Gasteiger partial charge in [0.1, 0.15) is 0 Å². The Bertz CT molecular complexity index is 200. The fourth-order valence-electron chi connectivity index (χ4n) is 1.10. The van der Waals surface area contributed by atoms with E-state index < -0.39 is 11.6 Å². The molecule has 1 unspecified atom stereocenters. The average molecular weight is 201 g/mol. The van der Waals surface area contributed by atoms with Gasteiger partial charge in [-0.1, -0.05) is 13.3 Å². The van der Waals surface area contributed by atoms with Gasteiger partial charge < -0.3 is 15.2 Å². The van der Waals surface area contributed by atoms with Crippen LogP contribution in [0, 0.1) is 0 Å². The summed E-state index contributed by atoms with van der Waals surface area (Å²) in [5.41, 5.74) is -0.727. The smallest absolute Gasteiger partial charge is 0.331 e. The van der Waals surface area contributed by atoms with Crippen molar-refractivity contribution in [2.75, 3.05) is 13.7 Å². The van der Waals surface area contributed by atoms with Crippen molar-refractivity contribution in [3.05, 3.63) is 12.3 Å². The van der Waals surface area contributed by atoms with E-state index in [1.807, 2.05) is 6.92 Å². The first-order chi connectivity index (χ1) is 6.52. The Kier molecular flexibility index (Phi) is 5.95. The second kappa shape index (κ2) is 6.43. The van der Waals surface area contributed by atoms with Crippen molar-refractivity contribution < 1.29 is 14.6 Å². The normalized spacial score (nSPS) is 15.1. The van der Waals surface area contributed by atoms with Crippen molar-refractivity contribution in [1.82, 2.24) is 5.32 Å². The van der Waals surface area contributed by atoms with Crippen molar-refractivity contribution >= 4 is 5.97 Å². The predicted molar refractivity (Wildman–Crippen MR) is 54.7 cm³/mol. The Hall–Kier alpha value is -1.03. The molecule has 0 aromatic carbocycles. The van der Waals surface area contributed by atoms with E-state index in [0.29, 0.717) is 6.54 Å². The van der Waals surface area contributed by atoms with Crippen LogP contribution in [-0.4, -0.2) is 30.3 Å². The van der Waals surface area contributed by atoms with E-state index in [-0.39, 0.29) is 0 Å². The molecule has 0 fully saturated rings. The molecule has 0 bridgehead atoms. The van der Waals surface area contributed by atoms with Crippen LogP contribution in [-0.2, 0) is 9.53 Å². The lowest BCUT2D eigenvalue weighted by Gasteiger charge is -2.22. The van der Waals surface area contributed by atoms with Crippen molar-refractivity contribution in [3.8, 4) is 0 Å². The third kappa shape index (κ3) is 6.48. The fraction of sp³-hybridized carbons (Fsp3) is 0.700. The highest BCUT2D eigenvalue weighted by Gasteiger charge is 2.17. The molecule has 0 aromatic rings. The third-order valence-corrected chi connectivity index (χ3v) is 1.81. The lowest BCUT2D eigenvalue weighted by molar-refractivity contribution is -0.134. The summed E-state index contributed by atoms with van der Waals surface area (Å²) < 4.78 is 4.40. The standard InChI is InChI=1S/C10H19NO3/c1-4-6-10(2,13)8-11-7-5-9(12)14-3/h5,7,11,13H,4,6,8H2,1-3H3/b7-5+. The van der Waals surface area contributed by atoms with Gasteiger partial charge in [-0.2, -0.15) is 0 Å². The second-order valence-corrected chi connectivity index (χ2v) is 3.48. The largest absolute Gasteiger partial charge is 0.466 e. The summed E-state index contributed by atoms with van der Waals surface area (Å²) in [6, 6.07) is 0. The number of carbonyl (C=O) groups is 1. The van der Waals surface area contributed by atoms with E-state index in [0.717, 1.165) is 12.8 Å². The molecule has 0 saturated heterocycles. The molecule has 0 aliphatic heterocycles. The molecule has 4 nitrogen and oxygen atoms in total. The number of carbonyl (C=O) groups excluding carboxylic acids is 1. The summed E-state index contributed by atoms with van der Waals surface area (Å²) in [6.45, 7) is 4.20. The van der Waals surface area contributed by atoms with Gasteiger partial charge in [0, 0.05) is 18.8 Å². The predicted octanol–water partition coefficient (Wildman–Crippen LogP) is 0.814. The van der Waals surface area contributed by atoms with Crippen LogP contribution >= 0.6 is 0 Å². The molecule has 0 amide bonds. The maximum atomic E-state index is 10.7. The van der Waals surface area contributed by atoms with Crippen LogP contribution in [0.1, 0.15) is 26.7 Å². The number of esters is 1. The molecule has 1 atom stereocenters. The molecule has 0 aliphatic carbocycles. The summed E-state index contributed by atoms with van der Waals surface area (Å²) >= 11 is 0. The van der Waals surface area contributed by atoms with Gasteiger partial charge in [-0.15, -0.1) is 0 Å². The number of methoxy groups -OCH3 is 1. The molecule has 4 heteroatoms. The molecule has 0 rings (SSSR count). The lowest BCUT2D eigenvalue weighted by Crippen LogP contribution is -2.35. The van der Waals surface area contributed by atoms with Crippen LogP contribution in [0.2, 0.25) is 0 Å². The monoisotopic (exact) mass is 201 g/mol. The van der Waals surface area contributed by atoms with Crippen LogP contribution in [0.3, 0.4) is 0 Å². The Morgan fingerprint density at radius 3 is 2.79 bits per heavy atom. The quantitative estimate of drug-likeness (QED) is 0.493. The van der Waals surface area contributed by atoms with Crippen LogP contribution in [0.15, 0.2) is 12.3 Å². The molecule has 0 heterocycles. The molecule has 2 N–H and O–H groups in total.